The third-order valence-corrected chi connectivity index (χ3v) is 10.4. The maximum atomic E-state index is 13.9. The number of hydrogen-bond acceptors (Lipinski definition) is 7. The van der Waals surface area contributed by atoms with E-state index in [9.17, 15) is 19.2 Å². The molecule has 1 aliphatic rings. The Morgan fingerprint density at radius 3 is 2.23 bits per heavy atom. The van der Waals surface area contributed by atoms with Gasteiger partial charge in [-0.25, -0.2) is 4.79 Å². The van der Waals surface area contributed by atoms with Gasteiger partial charge in [0.1, 0.15) is 18.7 Å². The molecule has 0 unspecified atom stereocenters. The minimum absolute atomic E-state index is 0.103. The molecule has 5 aromatic rings. The number of nitrogens with two attached hydrogens (primary N) is 1. The van der Waals surface area contributed by atoms with Crippen LogP contribution >= 0.6 is 11.8 Å². The highest BCUT2D eigenvalue weighted by Crippen LogP contribution is 2.44. The summed E-state index contributed by atoms with van der Waals surface area (Å²) in [6, 6.07) is 30.9. The number of benzene rings is 4. The Hall–Kier alpha value is -5.39. The van der Waals surface area contributed by atoms with Gasteiger partial charge in [0.2, 0.25) is 17.4 Å². The normalized spacial score (nSPS) is 13.1. The summed E-state index contributed by atoms with van der Waals surface area (Å²) in [5.41, 5.74) is 12.9. The maximum absolute atomic E-state index is 13.9. The van der Waals surface area contributed by atoms with E-state index < -0.39 is 30.0 Å². The van der Waals surface area contributed by atoms with Crippen molar-refractivity contribution in [1.82, 2.24) is 15.6 Å². The van der Waals surface area contributed by atoms with Crippen LogP contribution in [0, 0.1) is 6.92 Å². The first kappa shape index (κ1) is 36.4. The van der Waals surface area contributed by atoms with Crippen LogP contribution < -0.4 is 27.2 Å². The Labute approximate surface area is 306 Å². The number of ether oxygens (including phenoxy) is 1. The molecule has 268 valence electrons. The summed E-state index contributed by atoms with van der Waals surface area (Å²) >= 11 is 1.50. The van der Waals surface area contributed by atoms with Crippen LogP contribution in [0.15, 0.2) is 108 Å². The summed E-state index contributed by atoms with van der Waals surface area (Å²) in [4.78, 5) is 55.8. The van der Waals surface area contributed by atoms with Gasteiger partial charge in [0.05, 0.1) is 5.52 Å². The molecule has 2 atom stereocenters. The number of unbranched alkanes of at least 4 members (excludes halogenated alkanes) is 1. The highest BCUT2D eigenvalue weighted by Gasteiger charge is 2.31. The zero-order chi connectivity index (χ0) is 36.5. The summed E-state index contributed by atoms with van der Waals surface area (Å²) < 4.78 is 5.79. The lowest BCUT2D eigenvalue weighted by Gasteiger charge is -2.23. The van der Waals surface area contributed by atoms with Crippen LogP contribution in [0.5, 0.6) is 0 Å². The smallest absolute Gasteiger partial charge is 0.407 e. The standard InChI is InChI=1S/C41H43N5O5S/c1-26-21-38(47)44-36-22-28(18-19-29(26)36)43-39(48)35(17-9-10-20-42)45-40(49)37(25-52-24-27-11-3-2-4-12-27)46-41(50)51-23-34-32-15-7-5-13-30(32)31-14-6-8-16-33(31)34/h2-8,11-16,18-19,21-22,34-35,37H,9-10,17,20,23-25,42H2,1H3,(H,43,48)(H,44,47)(H,45,49)(H,46,50)/t35-,37-/m0/s1. The molecule has 1 aliphatic carbocycles. The molecule has 11 heteroatoms. The van der Waals surface area contributed by atoms with Gasteiger partial charge < -0.3 is 31.4 Å². The summed E-state index contributed by atoms with van der Waals surface area (Å²) in [6.07, 6.45) is 0.899. The number of anilines is 1. The summed E-state index contributed by atoms with van der Waals surface area (Å²) in [7, 11) is 0. The largest absolute Gasteiger partial charge is 0.449 e. The van der Waals surface area contributed by atoms with Crippen molar-refractivity contribution in [1.29, 1.82) is 0 Å². The van der Waals surface area contributed by atoms with Crippen molar-refractivity contribution in [2.75, 3.05) is 24.2 Å². The third-order valence-electron chi connectivity index (χ3n) is 9.25. The van der Waals surface area contributed by atoms with Gasteiger partial charge in [-0.05, 0) is 78.2 Å². The lowest BCUT2D eigenvalue weighted by atomic mass is 9.98. The topological polar surface area (TPSA) is 155 Å². The van der Waals surface area contributed by atoms with E-state index in [0.717, 1.165) is 38.8 Å². The minimum atomic E-state index is -0.983. The number of pyridine rings is 1. The lowest BCUT2D eigenvalue weighted by Crippen LogP contribution is -2.53. The summed E-state index contributed by atoms with van der Waals surface area (Å²) in [5.74, 6) is -0.178. The molecule has 52 heavy (non-hydrogen) atoms. The van der Waals surface area contributed by atoms with Gasteiger partial charge in [0, 0.05) is 34.6 Å². The molecule has 0 spiro atoms. The van der Waals surface area contributed by atoms with Crippen molar-refractivity contribution >= 4 is 46.3 Å². The Bertz CT molecular complexity index is 2060. The van der Waals surface area contributed by atoms with E-state index in [1.54, 1.807) is 12.1 Å². The second kappa shape index (κ2) is 17.2. The molecule has 0 saturated carbocycles. The number of aryl methyl sites for hydroxylation is 1. The second-order valence-corrected chi connectivity index (χ2v) is 14.0. The number of carbonyl (C=O) groups is 3. The van der Waals surface area contributed by atoms with Gasteiger partial charge in [0.15, 0.2) is 0 Å². The van der Waals surface area contributed by atoms with Crippen molar-refractivity contribution in [3.05, 3.63) is 136 Å². The Morgan fingerprint density at radius 1 is 0.827 bits per heavy atom. The molecule has 1 aromatic heterocycles. The number of H-pyrrole nitrogens is 1. The van der Waals surface area contributed by atoms with Crippen LogP contribution in [0.4, 0.5) is 10.5 Å². The molecule has 6 rings (SSSR count). The van der Waals surface area contributed by atoms with Gasteiger partial charge in [-0.2, -0.15) is 11.8 Å². The van der Waals surface area contributed by atoms with Gasteiger partial charge >= 0.3 is 6.09 Å². The van der Waals surface area contributed by atoms with Gasteiger partial charge in [-0.1, -0.05) is 84.9 Å². The second-order valence-electron chi connectivity index (χ2n) is 12.9. The molecule has 10 nitrogen and oxygen atoms in total. The Kier molecular flexibility index (Phi) is 12.1. The zero-order valence-corrected chi connectivity index (χ0v) is 29.8. The fourth-order valence-electron chi connectivity index (χ4n) is 6.61. The number of hydrogen-bond donors (Lipinski definition) is 5. The zero-order valence-electron chi connectivity index (χ0n) is 29.0. The van der Waals surface area contributed by atoms with Gasteiger partial charge in [-0.15, -0.1) is 0 Å². The number of carbonyl (C=O) groups excluding carboxylic acids is 3. The molecule has 3 amide bonds. The number of alkyl carbamates (subject to hydrolysis) is 1. The number of aromatic amines is 1. The van der Waals surface area contributed by atoms with Crippen LogP contribution in [0.1, 0.15) is 47.4 Å². The van der Waals surface area contributed by atoms with Crippen LogP contribution in [-0.4, -0.2) is 53.9 Å². The van der Waals surface area contributed by atoms with Crippen LogP contribution in [0.2, 0.25) is 0 Å². The van der Waals surface area contributed by atoms with Crippen molar-refractivity contribution < 1.29 is 19.1 Å². The summed E-state index contributed by atoms with van der Waals surface area (Å²) in [5, 5.41) is 9.44. The van der Waals surface area contributed by atoms with E-state index >= 15 is 0 Å². The number of rotatable bonds is 15. The van der Waals surface area contributed by atoms with Gasteiger partial charge in [0.25, 0.3) is 0 Å². The van der Waals surface area contributed by atoms with Crippen molar-refractivity contribution in [2.45, 2.75) is 49.9 Å². The predicted octanol–water partition coefficient (Wildman–Crippen LogP) is 6.23. The van der Waals surface area contributed by atoms with Crippen molar-refractivity contribution in [3.8, 4) is 11.1 Å². The first-order valence-corrected chi connectivity index (χ1v) is 18.6. The first-order valence-electron chi connectivity index (χ1n) is 17.5. The fourth-order valence-corrected chi connectivity index (χ4v) is 7.63. The predicted molar refractivity (Wildman–Crippen MR) is 207 cm³/mol. The van der Waals surface area contributed by atoms with E-state index in [4.69, 9.17) is 10.5 Å². The molecule has 1 heterocycles. The summed E-state index contributed by atoms with van der Waals surface area (Å²) in [6.45, 7) is 2.40. The molecule has 0 saturated heterocycles. The average molecular weight is 718 g/mol. The van der Waals surface area contributed by atoms with Crippen LogP contribution in [-0.2, 0) is 20.1 Å². The van der Waals surface area contributed by atoms with E-state index in [1.807, 2.05) is 79.7 Å². The fraction of sp³-hybridized carbons (Fsp3) is 0.268. The molecular formula is C41H43N5O5S. The van der Waals surface area contributed by atoms with Crippen molar-refractivity contribution in [3.63, 3.8) is 0 Å². The molecule has 0 radical (unpaired) electrons. The number of amides is 3. The number of thioether (sulfide) groups is 1. The molecule has 0 bridgehead atoms. The molecule has 0 aliphatic heterocycles. The van der Waals surface area contributed by atoms with E-state index in [0.29, 0.717) is 42.8 Å². The minimum Gasteiger partial charge on any atom is -0.449 e. The Balaban J connectivity index is 1.15. The quantitative estimate of drug-likeness (QED) is 0.0805. The SMILES string of the molecule is Cc1cc(=O)[nH]c2cc(NC(=O)[C@H](CCCCN)NC(=O)[C@H](CSCc3ccccc3)NC(=O)OCC3c4ccccc4-c4ccccc43)ccc12. The van der Waals surface area contributed by atoms with Crippen LogP contribution in [0.3, 0.4) is 0 Å². The molecular weight excluding hydrogens is 675 g/mol. The average Bonchev–Trinajstić information content (AvgIpc) is 3.46. The Morgan fingerprint density at radius 2 is 1.52 bits per heavy atom. The molecule has 4 aromatic carbocycles. The van der Waals surface area contributed by atoms with Crippen molar-refractivity contribution in [2.24, 2.45) is 5.73 Å². The monoisotopic (exact) mass is 717 g/mol. The van der Waals surface area contributed by atoms with Crippen LogP contribution in [0.25, 0.3) is 22.0 Å². The molecule has 0 fully saturated rings. The van der Waals surface area contributed by atoms with E-state index in [1.165, 1.54) is 17.8 Å². The number of aromatic nitrogens is 1. The van der Waals surface area contributed by atoms with E-state index in [2.05, 4.69) is 33.1 Å². The lowest BCUT2D eigenvalue weighted by molar-refractivity contribution is -0.127. The van der Waals surface area contributed by atoms with E-state index in [-0.39, 0.29) is 23.8 Å². The number of fused-ring (bicyclic) bond motifs is 4. The first-order chi connectivity index (χ1) is 25.3. The highest BCUT2D eigenvalue weighted by molar-refractivity contribution is 7.98. The van der Waals surface area contributed by atoms with Gasteiger partial charge in [-0.3, -0.25) is 14.4 Å². The molecule has 6 N–H and O–H groups in total. The highest BCUT2D eigenvalue weighted by atomic mass is 32.2. The number of nitrogens with one attached hydrogen (secondary N) is 4. The maximum Gasteiger partial charge on any atom is 0.407 e. The third kappa shape index (κ3) is 8.90.